The van der Waals surface area contributed by atoms with Crippen LogP contribution >= 0.6 is 11.6 Å². The average molecular weight is 423 g/mol. The van der Waals surface area contributed by atoms with Crippen molar-refractivity contribution in [2.24, 2.45) is 5.16 Å². The number of ether oxygens (including phenoxy) is 3. The van der Waals surface area contributed by atoms with Gasteiger partial charge in [-0.25, -0.2) is 4.79 Å². The van der Waals surface area contributed by atoms with E-state index in [0.717, 1.165) is 13.1 Å². The molecule has 9 nitrogen and oxygen atoms in total. The van der Waals surface area contributed by atoms with Crippen LogP contribution in [-0.4, -0.2) is 54.0 Å². The molecule has 0 spiro atoms. The van der Waals surface area contributed by atoms with Crippen LogP contribution in [-0.2, 0) is 4.84 Å². The Balaban J connectivity index is 2.32. The van der Waals surface area contributed by atoms with Crippen molar-refractivity contribution >= 4 is 23.4 Å². The number of nitrogens with zero attached hydrogens (tertiary/aromatic N) is 4. The summed E-state index contributed by atoms with van der Waals surface area (Å²) in [4.78, 5) is 27.8. The highest BCUT2D eigenvalue weighted by molar-refractivity contribution is 6.34. The van der Waals surface area contributed by atoms with E-state index < -0.39 is 5.97 Å². The molecular formula is C19H23ClN4O5. The summed E-state index contributed by atoms with van der Waals surface area (Å²) in [5, 5.41) is 4.03. The fourth-order valence-electron chi connectivity index (χ4n) is 2.42. The Kier molecular flexibility index (Phi) is 8.02. The first-order valence-corrected chi connectivity index (χ1v) is 9.25. The standard InChI is InChI=1S/C19H23ClN4O5/c1-6-24(7-2)12(3)23-29-18(25)17-13(20)9-8-10-14(17)28-19-21-15(26-4)11-16(22-19)27-5/h8-11H,6-7H2,1-5H3. The lowest BCUT2D eigenvalue weighted by Crippen LogP contribution is -2.28. The van der Waals surface area contributed by atoms with Gasteiger partial charge in [-0.1, -0.05) is 22.8 Å². The summed E-state index contributed by atoms with van der Waals surface area (Å²) in [7, 11) is 2.90. The van der Waals surface area contributed by atoms with E-state index in [1.807, 2.05) is 18.7 Å². The van der Waals surface area contributed by atoms with Crippen LogP contribution in [0.1, 0.15) is 31.1 Å². The van der Waals surface area contributed by atoms with Crippen molar-refractivity contribution in [2.75, 3.05) is 27.3 Å². The highest BCUT2D eigenvalue weighted by atomic mass is 35.5. The molecule has 0 aliphatic heterocycles. The average Bonchev–Trinajstić information content (AvgIpc) is 2.72. The molecule has 0 aliphatic rings. The van der Waals surface area contributed by atoms with Crippen LogP contribution in [0, 0.1) is 0 Å². The van der Waals surface area contributed by atoms with Crippen molar-refractivity contribution in [3.8, 4) is 23.5 Å². The maximum Gasteiger partial charge on any atom is 0.371 e. The van der Waals surface area contributed by atoms with E-state index in [-0.39, 0.29) is 34.1 Å². The molecule has 1 heterocycles. The second kappa shape index (κ2) is 10.5. The van der Waals surface area contributed by atoms with E-state index in [1.54, 1.807) is 25.1 Å². The maximum absolute atomic E-state index is 12.6. The normalized spacial score (nSPS) is 11.0. The molecule has 0 atom stereocenters. The van der Waals surface area contributed by atoms with Crippen molar-refractivity contribution in [1.29, 1.82) is 0 Å². The minimum Gasteiger partial charge on any atom is -0.481 e. The first-order valence-electron chi connectivity index (χ1n) is 8.87. The molecule has 0 N–H and O–H groups in total. The van der Waals surface area contributed by atoms with Crippen molar-refractivity contribution < 1.29 is 23.8 Å². The van der Waals surface area contributed by atoms with Crippen LogP contribution in [0.4, 0.5) is 0 Å². The zero-order chi connectivity index (χ0) is 21.4. The lowest BCUT2D eigenvalue weighted by Gasteiger charge is -2.19. The van der Waals surface area contributed by atoms with Gasteiger partial charge in [0.05, 0.1) is 25.3 Å². The predicted octanol–water partition coefficient (Wildman–Crippen LogP) is 3.77. The number of benzene rings is 1. The molecule has 0 saturated heterocycles. The monoisotopic (exact) mass is 422 g/mol. The van der Waals surface area contributed by atoms with Gasteiger partial charge in [-0.2, -0.15) is 9.97 Å². The summed E-state index contributed by atoms with van der Waals surface area (Å²) in [5.41, 5.74) is -0.00403. The van der Waals surface area contributed by atoms with Crippen LogP contribution in [0.5, 0.6) is 23.5 Å². The van der Waals surface area contributed by atoms with Gasteiger partial charge in [-0.15, -0.1) is 0 Å². The number of rotatable bonds is 8. The first kappa shape index (κ1) is 22.2. The molecule has 2 aromatic rings. The number of carbonyl (C=O) groups excluding carboxylic acids is 1. The van der Waals surface area contributed by atoms with Gasteiger partial charge in [0.15, 0.2) is 0 Å². The Hall–Kier alpha value is -3.07. The van der Waals surface area contributed by atoms with E-state index in [4.69, 9.17) is 30.6 Å². The summed E-state index contributed by atoms with van der Waals surface area (Å²) >= 11 is 6.21. The quantitative estimate of drug-likeness (QED) is 0.274. The van der Waals surface area contributed by atoms with Gasteiger partial charge in [-0.3, -0.25) is 0 Å². The molecule has 0 fully saturated rings. The lowest BCUT2D eigenvalue weighted by atomic mass is 10.2. The van der Waals surface area contributed by atoms with E-state index >= 15 is 0 Å². The Morgan fingerprint density at radius 3 is 2.31 bits per heavy atom. The second-order valence-corrected chi connectivity index (χ2v) is 6.05. The van der Waals surface area contributed by atoms with Gasteiger partial charge in [0.2, 0.25) is 11.8 Å². The highest BCUT2D eigenvalue weighted by Gasteiger charge is 2.21. The Morgan fingerprint density at radius 1 is 1.14 bits per heavy atom. The van der Waals surface area contributed by atoms with Gasteiger partial charge in [-0.05, 0) is 32.9 Å². The molecule has 1 aromatic heterocycles. The third-order valence-electron chi connectivity index (χ3n) is 3.94. The van der Waals surface area contributed by atoms with E-state index in [0.29, 0.717) is 5.84 Å². The van der Waals surface area contributed by atoms with Crippen LogP contribution in [0.2, 0.25) is 5.02 Å². The molecule has 1 aromatic carbocycles. The van der Waals surface area contributed by atoms with Gasteiger partial charge in [0.25, 0.3) is 0 Å². The molecule has 0 bridgehead atoms. The molecule has 29 heavy (non-hydrogen) atoms. The van der Waals surface area contributed by atoms with Gasteiger partial charge >= 0.3 is 12.0 Å². The molecule has 0 saturated carbocycles. The predicted molar refractivity (Wildman–Crippen MR) is 108 cm³/mol. The number of aromatic nitrogens is 2. The Morgan fingerprint density at radius 2 is 1.76 bits per heavy atom. The van der Waals surface area contributed by atoms with Gasteiger partial charge in [0.1, 0.15) is 17.1 Å². The molecule has 2 rings (SSSR count). The SMILES string of the molecule is CCN(CC)C(C)=NOC(=O)c1c(Cl)cccc1Oc1nc(OC)cc(OC)n1. The molecule has 156 valence electrons. The minimum atomic E-state index is -0.771. The van der Waals surface area contributed by atoms with E-state index in [1.165, 1.54) is 20.3 Å². The number of hydrogen-bond acceptors (Lipinski definition) is 8. The van der Waals surface area contributed by atoms with Gasteiger partial charge < -0.3 is 23.9 Å². The number of oxime groups is 1. The van der Waals surface area contributed by atoms with Gasteiger partial charge in [0, 0.05) is 13.1 Å². The highest BCUT2D eigenvalue weighted by Crippen LogP contribution is 2.31. The molecule has 0 amide bonds. The fourth-order valence-corrected chi connectivity index (χ4v) is 2.66. The third kappa shape index (κ3) is 5.71. The summed E-state index contributed by atoms with van der Waals surface area (Å²) < 4.78 is 15.9. The van der Waals surface area contributed by atoms with E-state index in [2.05, 4.69) is 15.1 Å². The minimum absolute atomic E-state index is 0.00403. The zero-order valence-corrected chi connectivity index (χ0v) is 17.7. The number of amidine groups is 1. The third-order valence-corrected chi connectivity index (χ3v) is 4.25. The van der Waals surface area contributed by atoms with Crippen LogP contribution in [0.3, 0.4) is 0 Å². The topological polar surface area (TPSA) is 95.4 Å². The largest absolute Gasteiger partial charge is 0.481 e. The first-order chi connectivity index (χ1) is 13.9. The van der Waals surface area contributed by atoms with E-state index in [9.17, 15) is 4.79 Å². The van der Waals surface area contributed by atoms with Crippen molar-refractivity contribution in [1.82, 2.24) is 14.9 Å². The molecule has 0 unspecified atom stereocenters. The van der Waals surface area contributed by atoms with Crippen molar-refractivity contribution in [3.05, 3.63) is 34.9 Å². The number of hydrogen-bond donors (Lipinski definition) is 0. The Bertz CT molecular complexity index is 865. The molecule has 10 heteroatoms. The van der Waals surface area contributed by atoms with Crippen LogP contribution in [0.15, 0.2) is 29.4 Å². The zero-order valence-electron chi connectivity index (χ0n) is 16.9. The maximum atomic E-state index is 12.6. The van der Waals surface area contributed by atoms with Crippen molar-refractivity contribution in [3.63, 3.8) is 0 Å². The smallest absolute Gasteiger partial charge is 0.371 e. The molecular weight excluding hydrogens is 400 g/mol. The second-order valence-electron chi connectivity index (χ2n) is 5.64. The number of methoxy groups -OCH3 is 2. The summed E-state index contributed by atoms with van der Waals surface area (Å²) in [6.07, 6.45) is 0. The fraction of sp³-hybridized carbons (Fsp3) is 0.368. The number of halogens is 1. The lowest BCUT2D eigenvalue weighted by molar-refractivity contribution is 0.0506. The van der Waals surface area contributed by atoms with Crippen LogP contribution < -0.4 is 14.2 Å². The van der Waals surface area contributed by atoms with Crippen molar-refractivity contribution in [2.45, 2.75) is 20.8 Å². The summed E-state index contributed by atoms with van der Waals surface area (Å²) in [6, 6.07) is 6.11. The summed E-state index contributed by atoms with van der Waals surface area (Å²) in [5.74, 6) is 0.370. The molecule has 0 radical (unpaired) electrons. The van der Waals surface area contributed by atoms with Crippen LogP contribution in [0.25, 0.3) is 0 Å². The number of carbonyl (C=O) groups is 1. The molecule has 0 aliphatic carbocycles. The summed E-state index contributed by atoms with van der Waals surface area (Å²) in [6.45, 7) is 7.18. The Labute approximate surface area is 174 Å².